The van der Waals surface area contributed by atoms with Crippen LogP contribution in [0.5, 0.6) is 5.75 Å². The summed E-state index contributed by atoms with van der Waals surface area (Å²) in [6, 6.07) is 6.04. The molecule has 1 heterocycles. The SMILES string of the molecule is Cc1ccc(Cl)c(OC[C@H](O)CN2C[C@H](CO)CC[C@@H]2C)c1. The van der Waals surface area contributed by atoms with Gasteiger partial charge in [0.25, 0.3) is 0 Å². The molecule has 1 aliphatic heterocycles. The molecule has 1 aromatic rings. The van der Waals surface area contributed by atoms with Crippen LogP contribution in [0.25, 0.3) is 0 Å². The van der Waals surface area contributed by atoms with Crippen molar-refractivity contribution >= 4 is 11.6 Å². The van der Waals surface area contributed by atoms with Gasteiger partial charge in [-0.2, -0.15) is 0 Å². The number of rotatable bonds is 6. The lowest BCUT2D eigenvalue weighted by molar-refractivity contribution is 0.0210. The summed E-state index contributed by atoms with van der Waals surface area (Å²) in [5, 5.41) is 20.1. The molecule has 5 heteroatoms. The monoisotopic (exact) mass is 327 g/mol. The van der Waals surface area contributed by atoms with Gasteiger partial charge in [0.1, 0.15) is 18.5 Å². The summed E-state index contributed by atoms with van der Waals surface area (Å²) in [6.07, 6.45) is 1.54. The number of piperidine rings is 1. The van der Waals surface area contributed by atoms with Gasteiger partial charge < -0.3 is 14.9 Å². The Balaban J connectivity index is 1.84. The summed E-state index contributed by atoms with van der Waals surface area (Å²) in [4.78, 5) is 2.23. The van der Waals surface area contributed by atoms with E-state index in [0.717, 1.165) is 24.9 Å². The highest BCUT2D eigenvalue weighted by atomic mass is 35.5. The minimum Gasteiger partial charge on any atom is -0.489 e. The molecule has 0 spiro atoms. The second-order valence-electron chi connectivity index (χ2n) is 6.33. The van der Waals surface area contributed by atoms with Crippen molar-refractivity contribution in [3.8, 4) is 5.75 Å². The summed E-state index contributed by atoms with van der Waals surface area (Å²) in [5.74, 6) is 0.927. The number of aryl methyl sites for hydroxylation is 1. The molecule has 0 unspecified atom stereocenters. The number of aliphatic hydroxyl groups excluding tert-OH is 2. The molecule has 2 rings (SSSR count). The lowest BCUT2D eigenvalue weighted by Gasteiger charge is -2.38. The zero-order chi connectivity index (χ0) is 16.1. The van der Waals surface area contributed by atoms with E-state index < -0.39 is 6.10 Å². The Morgan fingerprint density at radius 3 is 2.91 bits per heavy atom. The molecule has 2 N–H and O–H groups in total. The molecule has 0 radical (unpaired) electrons. The number of β-amino-alcohol motifs (C(OH)–C–C–N with tert-alkyl or cyclic N) is 1. The van der Waals surface area contributed by atoms with Crippen molar-refractivity contribution in [3.63, 3.8) is 0 Å². The van der Waals surface area contributed by atoms with Crippen molar-refractivity contribution in [2.45, 2.75) is 38.8 Å². The van der Waals surface area contributed by atoms with Crippen molar-refractivity contribution in [1.29, 1.82) is 0 Å². The first kappa shape index (κ1) is 17.5. The van der Waals surface area contributed by atoms with Gasteiger partial charge in [-0.1, -0.05) is 17.7 Å². The predicted octanol–water partition coefficient (Wildman–Crippen LogP) is 2.48. The third kappa shape index (κ3) is 4.85. The van der Waals surface area contributed by atoms with E-state index in [0.29, 0.717) is 29.3 Å². The molecule has 1 saturated heterocycles. The minimum atomic E-state index is -0.573. The number of hydrogen-bond donors (Lipinski definition) is 2. The van der Waals surface area contributed by atoms with Crippen LogP contribution in [-0.4, -0.2) is 53.6 Å². The molecular formula is C17H26ClNO3. The lowest BCUT2D eigenvalue weighted by atomic mass is 9.94. The Kier molecular flexibility index (Phi) is 6.50. The first-order valence-electron chi connectivity index (χ1n) is 7.91. The van der Waals surface area contributed by atoms with E-state index in [2.05, 4.69) is 11.8 Å². The number of hydrogen-bond acceptors (Lipinski definition) is 4. The van der Waals surface area contributed by atoms with Crippen molar-refractivity contribution in [2.24, 2.45) is 5.92 Å². The van der Waals surface area contributed by atoms with Gasteiger partial charge in [0, 0.05) is 25.7 Å². The molecule has 1 fully saturated rings. The molecular weight excluding hydrogens is 302 g/mol. The molecule has 3 atom stereocenters. The summed E-state index contributed by atoms with van der Waals surface area (Å²) in [7, 11) is 0. The van der Waals surface area contributed by atoms with Crippen molar-refractivity contribution < 1.29 is 14.9 Å². The Morgan fingerprint density at radius 1 is 1.41 bits per heavy atom. The van der Waals surface area contributed by atoms with Crippen LogP contribution in [-0.2, 0) is 0 Å². The van der Waals surface area contributed by atoms with Crippen LogP contribution in [0.3, 0.4) is 0 Å². The number of halogens is 1. The first-order chi connectivity index (χ1) is 10.5. The maximum absolute atomic E-state index is 10.2. The molecule has 1 aromatic carbocycles. The summed E-state index contributed by atoms with van der Waals surface area (Å²) < 4.78 is 5.65. The van der Waals surface area contributed by atoms with Crippen LogP contribution in [0.1, 0.15) is 25.3 Å². The van der Waals surface area contributed by atoms with Gasteiger partial charge in [-0.15, -0.1) is 0 Å². The molecule has 1 aliphatic rings. The van der Waals surface area contributed by atoms with Crippen molar-refractivity contribution in [3.05, 3.63) is 28.8 Å². The van der Waals surface area contributed by atoms with E-state index >= 15 is 0 Å². The number of ether oxygens (including phenoxy) is 1. The van der Waals surface area contributed by atoms with Gasteiger partial charge in [-0.25, -0.2) is 0 Å². The molecule has 0 saturated carbocycles. The number of benzene rings is 1. The Bertz CT molecular complexity index is 483. The predicted molar refractivity (Wildman–Crippen MR) is 88.5 cm³/mol. The zero-order valence-corrected chi connectivity index (χ0v) is 14.1. The first-order valence-corrected chi connectivity index (χ1v) is 8.29. The average Bonchev–Trinajstić information content (AvgIpc) is 2.50. The van der Waals surface area contributed by atoms with Crippen LogP contribution in [0.15, 0.2) is 18.2 Å². The zero-order valence-electron chi connectivity index (χ0n) is 13.3. The van der Waals surface area contributed by atoms with E-state index in [1.165, 1.54) is 0 Å². The number of nitrogens with zero attached hydrogens (tertiary/aromatic N) is 1. The lowest BCUT2D eigenvalue weighted by Crippen LogP contribution is -2.47. The largest absolute Gasteiger partial charge is 0.489 e. The fourth-order valence-electron chi connectivity index (χ4n) is 2.90. The molecule has 0 bridgehead atoms. The fourth-order valence-corrected chi connectivity index (χ4v) is 3.07. The second kappa shape index (κ2) is 8.16. The summed E-state index contributed by atoms with van der Waals surface area (Å²) in [5.41, 5.74) is 1.07. The van der Waals surface area contributed by atoms with Crippen LogP contribution < -0.4 is 4.74 Å². The number of likely N-dealkylation sites (tertiary alicyclic amines) is 1. The van der Waals surface area contributed by atoms with Gasteiger partial charge >= 0.3 is 0 Å². The van der Waals surface area contributed by atoms with Gasteiger partial charge in [-0.05, 0) is 50.3 Å². The Morgan fingerprint density at radius 2 is 2.18 bits per heavy atom. The summed E-state index contributed by atoms with van der Waals surface area (Å²) in [6.45, 7) is 5.97. The normalized spacial score (nSPS) is 24.2. The standard InChI is InChI=1S/C17H26ClNO3/c1-12-3-6-16(18)17(7-12)22-11-15(21)9-19-8-14(10-20)5-4-13(19)2/h3,6-7,13-15,20-21H,4-5,8-11H2,1-2H3/t13-,14+,15+/m0/s1. The number of aliphatic hydroxyl groups is 2. The van der Waals surface area contributed by atoms with E-state index in [9.17, 15) is 10.2 Å². The third-order valence-corrected chi connectivity index (χ3v) is 4.64. The molecule has 0 amide bonds. The molecule has 0 aliphatic carbocycles. The van der Waals surface area contributed by atoms with Crippen LogP contribution in [0.4, 0.5) is 0 Å². The maximum atomic E-state index is 10.2. The molecule has 0 aromatic heterocycles. The molecule has 22 heavy (non-hydrogen) atoms. The van der Waals surface area contributed by atoms with Crippen molar-refractivity contribution in [1.82, 2.24) is 4.90 Å². The molecule has 4 nitrogen and oxygen atoms in total. The molecule has 124 valence electrons. The van der Waals surface area contributed by atoms with Gasteiger partial charge in [0.05, 0.1) is 5.02 Å². The van der Waals surface area contributed by atoms with Crippen LogP contribution in [0.2, 0.25) is 5.02 Å². The van der Waals surface area contributed by atoms with Gasteiger partial charge in [0.2, 0.25) is 0 Å². The van der Waals surface area contributed by atoms with E-state index in [1.54, 1.807) is 6.07 Å². The average molecular weight is 328 g/mol. The Labute approximate surface area is 137 Å². The van der Waals surface area contributed by atoms with Crippen LogP contribution in [0, 0.1) is 12.8 Å². The van der Waals surface area contributed by atoms with E-state index in [-0.39, 0.29) is 13.2 Å². The fraction of sp³-hybridized carbons (Fsp3) is 0.647. The van der Waals surface area contributed by atoms with Gasteiger partial charge in [-0.3, -0.25) is 4.90 Å². The highest BCUT2D eigenvalue weighted by molar-refractivity contribution is 6.32. The highest BCUT2D eigenvalue weighted by Crippen LogP contribution is 2.26. The quantitative estimate of drug-likeness (QED) is 0.843. The van der Waals surface area contributed by atoms with E-state index in [1.807, 2.05) is 19.1 Å². The second-order valence-corrected chi connectivity index (χ2v) is 6.73. The summed E-state index contributed by atoms with van der Waals surface area (Å²) >= 11 is 6.09. The topological polar surface area (TPSA) is 52.9 Å². The maximum Gasteiger partial charge on any atom is 0.138 e. The van der Waals surface area contributed by atoms with Crippen molar-refractivity contribution in [2.75, 3.05) is 26.3 Å². The highest BCUT2D eigenvalue weighted by Gasteiger charge is 2.26. The Hall–Kier alpha value is -0.810. The van der Waals surface area contributed by atoms with Gasteiger partial charge in [0.15, 0.2) is 0 Å². The smallest absolute Gasteiger partial charge is 0.138 e. The minimum absolute atomic E-state index is 0.217. The van der Waals surface area contributed by atoms with E-state index in [4.69, 9.17) is 16.3 Å². The third-order valence-electron chi connectivity index (χ3n) is 4.33. The van der Waals surface area contributed by atoms with Crippen LogP contribution >= 0.6 is 11.6 Å².